The molecule has 1 N–H and O–H groups in total. The number of halogens is 2. The highest BCUT2D eigenvalue weighted by atomic mass is 31.2. The summed E-state index contributed by atoms with van der Waals surface area (Å²) in [6.07, 6.45) is 0. The maximum Gasteiger partial charge on any atom is 0.444 e. The standard InChI is InChI=1S/C22H22F2O6P2/c23-22(24,31(25,26)28-16-19-10-4-1-5-11-19)32(27,29-17-20-12-6-2-7-13-20)30-18-21-14-8-3-9-15-21/h1-15H,16-18H2,(H,25,26). The van der Waals surface area contributed by atoms with Gasteiger partial charge in [0.25, 0.3) is 0 Å². The van der Waals surface area contributed by atoms with Gasteiger partial charge in [0, 0.05) is 0 Å². The lowest BCUT2D eigenvalue weighted by atomic mass is 10.2. The smallest absolute Gasteiger partial charge is 0.320 e. The van der Waals surface area contributed by atoms with Crippen molar-refractivity contribution in [3.8, 4) is 0 Å². The highest BCUT2D eigenvalue weighted by molar-refractivity contribution is 7.73. The summed E-state index contributed by atoms with van der Waals surface area (Å²) in [7, 11) is -11.2. The van der Waals surface area contributed by atoms with Gasteiger partial charge in [0.15, 0.2) is 0 Å². The van der Waals surface area contributed by atoms with Crippen LogP contribution in [0.5, 0.6) is 0 Å². The maximum atomic E-state index is 15.2. The summed E-state index contributed by atoms with van der Waals surface area (Å²) in [6, 6.07) is 24.3. The lowest BCUT2D eigenvalue weighted by molar-refractivity contribution is 0.0620. The van der Waals surface area contributed by atoms with Gasteiger partial charge >= 0.3 is 20.6 Å². The first-order valence-corrected chi connectivity index (χ1v) is 12.7. The Kier molecular flexibility index (Phi) is 8.12. The zero-order chi connectivity index (χ0) is 23.1. The van der Waals surface area contributed by atoms with Gasteiger partial charge in [-0.25, -0.2) is 0 Å². The van der Waals surface area contributed by atoms with Crippen LogP contribution < -0.4 is 0 Å². The third kappa shape index (κ3) is 5.99. The third-order valence-electron chi connectivity index (χ3n) is 4.41. The van der Waals surface area contributed by atoms with Crippen LogP contribution >= 0.6 is 15.2 Å². The van der Waals surface area contributed by atoms with Crippen LogP contribution in [-0.4, -0.2) is 10.3 Å². The zero-order valence-electron chi connectivity index (χ0n) is 16.9. The maximum absolute atomic E-state index is 15.2. The second kappa shape index (κ2) is 10.6. The first kappa shape index (κ1) is 24.5. The lowest BCUT2D eigenvalue weighted by Gasteiger charge is -2.29. The Morgan fingerprint density at radius 3 is 1.28 bits per heavy atom. The summed E-state index contributed by atoms with van der Waals surface area (Å²) in [4.78, 5) is 10.1. The average Bonchev–Trinajstić information content (AvgIpc) is 2.82. The number of hydrogen-bond acceptors (Lipinski definition) is 5. The van der Waals surface area contributed by atoms with Gasteiger partial charge in [-0.3, -0.25) is 22.7 Å². The Hall–Kier alpha value is -2.18. The van der Waals surface area contributed by atoms with Crippen molar-refractivity contribution in [1.29, 1.82) is 0 Å². The van der Waals surface area contributed by atoms with Crippen LogP contribution in [0.25, 0.3) is 0 Å². The van der Waals surface area contributed by atoms with Gasteiger partial charge in [-0.1, -0.05) is 91.0 Å². The molecule has 0 heterocycles. The predicted molar refractivity (Wildman–Crippen MR) is 116 cm³/mol. The molecule has 6 nitrogen and oxygen atoms in total. The van der Waals surface area contributed by atoms with Gasteiger partial charge in [0.1, 0.15) is 0 Å². The Balaban J connectivity index is 1.82. The molecule has 0 aliphatic carbocycles. The summed E-state index contributed by atoms with van der Waals surface area (Å²) in [5.41, 5.74) is 1.26. The Morgan fingerprint density at radius 2 is 0.938 bits per heavy atom. The van der Waals surface area contributed by atoms with E-state index >= 15 is 8.78 Å². The molecule has 0 aromatic heterocycles. The van der Waals surface area contributed by atoms with Crippen molar-refractivity contribution >= 4 is 15.2 Å². The molecule has 0 bridgehead atoms. The molecule has 170 valence electrons. The second-order valence-electron chi connectivity index (χ2n) is 6.80. The van der Waals surface area contributed by atoms with Crippen LogP contribution in [0.1, 0.15) is 16.7 Å². The van der Waals surface area contributed by atoms with Crippen molar-refractivity contribution < 1.29 is 36.4 Å². The Morgan fingerprint density at radius 1 is 0.625 bits per heavy atom. The molecule has 32 heavy (non-hydrogen) atoms. The largest absolute Gasteiger partial charge is 0.444 e. The fourth-order valence-corrected chi connectivity index (χ4v) is 5.89. The van der Waals surface area contributed by atoms with E-state index in [9.17, 15) is 14.0 Å². The molecular formula is C22H22F2O6P2. The molecule has 0 spiro atoms. The summed E-state index contributed by atoms with van der Waals surface area (Å²) in [5.74, 6) is 0. The molecule has 1 atom stereocenters. The summed E-state index contributed by atoms with van der Waals surface area (Å²) in [6.45, 7) is -1.61. The number of hydrogen-bond donors (Lipinski definition) is 1. The van der Waals surface area contributed by atoms with Gasteiger partial charge in [-0.05, 0) is 16.7 Å². The lowest BCUT2D eigenvalue weighted by Crippen LogP contribution is -2.22. The number of benzene rings is 3. The van der Waals surface area contributed by atoms with Crippen LogP contribution in [-0.2, 0) is 42.5 Å². The van der Waals surface area contributed by atoms with E-state index < -0.39 is 40.4 Å². The van der Waals surface area contributed by atoms with Crippen molar-refractivity contribution in [3.63, 3.8) is 0 Å². The highest BCUT2D eigenvalue weighted by Crippen LogP contribution is 2.78. The van der Waals surface area contributed by atoms with Crippen molar-refractivity contribution in [2.45, 2.75) is 25.2 Å². The first-order valence-electron chi connectivity index (χ1n) is 9.60. The van der Waals surface area contributed by atoms with Gasteiger partial charge in [-0.2, -0.15) is 8.78 Å². The van der Waals surface area contributed by atoms with E-state index in [0.717, 1.165) is 0 Å². The molecule has 0 saturated heterocycles. The quantitative estimate of drug-likeness (QED) is 0.312. The van der Waals surface area contributed by atoms with Gasteiger partial charge in [0.2, 0.25) is 0 Å². The molecule has 0 aliphatic heterocycles. The summed E-state index contributed by atoms with van der Waals surface area (Å²) in [5, 5.41) is -4.81. The molecule has 10 heteroatoms. The molecule has 3 rings (SSSR count). The van der Waals surface area contributed by atoms with Crippen LogP contribution in [0.4, 0.5) is 8.78 Å². The molecule has 0 saturated carbocycles. The normalized spacial score (nSPS) is 14.1. The highest BCUT2D eigenvalue weighted by Gasteiger charge is 2.67. The molecule has 0 radical (unpaired) electrons. The minimum absolute atomic E-state index is 0.391. The van der Waals surface area contributed by atoms with E-state index in [1.54, 1.807) is 78.9 Å². The number of rotatable bonds is 11. The van der Waals surface area contributed by atoms with Crippen molar-refractivity contribution in [2.75, 3.05) is 0 Å². The molecule has 3 aromatic rings. The van der Waals surface area contributed by atoms with E-state index in [1.807, 2.05) is 0 Å². The fourth-order valence-electron chi connectivity index (χ4n) is 2.63. The zero-order valence-corrected chi connectivity index (χ0v) is 18.7. The SMILES string of the molecule is O=P(O)(OCc1ccccc1)C(F)(F)P(=O)(OCc1ccccc1)OCc1ccccc1. The van der Waals surface area contributed by atoms with E-state index in [-0.39, 0.29) is 0 Å². The average molecular weight is 482 g/mol. The van der Waals surface area contributed by atoms with E-state index in [0.29, 0.717) is 16.7 Å². The minimum Gasteiger partial charge on any atom is -0.320 e. The monoisotopic (exact) mass is 482 g/mol. The second-order valence-corrected chi connectivity index (χ2v) is 11.1. The van der Waals surface area contributed by atoms with Gasteiger partial charge in [-0.15, -0.1) is 0 Å². The first-order chi connectivity index (χ1) is 15.2. The van der Waals surface area contributed by atoms with Crippen molar-refractivity contribution in [2.24, 2.45) is 0 Å². The molecule has 3 aromatic carbocycles. The summed E-state index contributed by atoms with van der Waals surface area (Å²) >= 11 is 0. The van der Waals surface area contributed by atoms with E-state index in [4.69, 9.17) is 9.05 Å². The molecular weight excluding hydrogens is 460 g/mol. The van der Waals surface area contributed by atoms with Crippen LogP contribution in [0.3, 0.4) is 0 Å². The van der Waals surface area contributed by atoms with E-state index in [2.05, 4.69) is 4.52 Å². The third-order valence-corrected chi connectivity index (χ3v) is 8.66. The van der Waals surface area contributed by atoms with Crippen LogP contribution in [0.2, 0.25) is 0 Å². The Bertz CT molecular complexity index is 1030. The van der Waals surface area contributed by atoms with Crippen LogP contribution in [0, 0.1) is 0 Å². The van der Waals surface area contributed by atoms with Gasteiger partial charge < -0.3 is 4.89 Å². The Labute approximate surface area is 184 Å². The molecule has 0 aliphatic rings. The van der Waals surface area contributed by atoms with Crippen LogP contribution in [0.15, 0.2) is 91.0 Å². The molecule has 1 unspecified atom stereocenters. The summed E-state index contributed by atoms with van der Waals surface area (Å²) < 4.78 is 70.9. The topological polar surface area (TPSA) is 82.1 Å². The van der Waals surface area contributed by atoms with Crippen molar-refractivity contribution in [1.82, 2.24) is 0 Å². The van der Waals surface area contributed by atoms with Gasteiger partial charge in [0.05, 0.1) is 19.8 Å². The number of alkyl halides is 2. The van der Waals surface area contributed by atoms with Crippen molar-refractivity contribution in [3.05, 3.63) is 108 Å². The molecule has 0 fully saturated rings. The van der Waals surface area contributed by atoms with E-state index in [1.165, 1.54) is 12.1 Å². The predicted octanol–water partition coefficient (Wildman–Crippen LogP) is 6.57. The minimum atomic E-state index is -5.77. The molecule has 0 amide bonds. The fraction of sp³-hybridized carbons (Fsp3) is 0.182.